The molecule has 1 aliphatic heterocycles. The van der Waals surface area contributed by atoms with Crippen molar-refractivity contribution in [1.29, 1.82) is 0 Å². The first-order valence-corrected chi connectivity index (χ1v) is 10.6. The van der Waals surface area contributed by atoms with Gasteiger partial charge in [-0.15, -0.1) is 0 Å². The van der Waals surface area contributed by atoms with Crippen LogP contribution in [0.15, 0.2) is 69.9 Å². The number of carbonyl (C=O) groups is 1. The van der Waals surface area contributed by atoms with Crippen LogP contribution in [0.1, 0.15) is 33.3 Å². The molecule has 1 aliphatic rings. The second-order valence-electron chi connectivity index (χ2n) is 7.60. The Bertz CT molecular complexity index is 1460. The van der Waals surface area contributed by atoms with Gasteiger partial charge in [0.1, 0.15) is 11.3 Å². The second-order valence-corrected chi connectivity index (χ2v) is 8.45. The lowest BCUT2D eigenvalue weighted by Crippen LogP contribution is -2.29. The van der Waals surface area contributed by atoms with E-state index < -0.39 is 11.9 Å². The molecule has 32 heavy (non-hydrogen) atoms. The van der Waals surface area contributed by atoms with E-state index in [2.05, 4.69) is 0 Å². The van der Waals surface area contributed by atoms with Crippen LogP contribution in [-0.4, -0.2) is 13.0 Å². The van der Waals surface area contributed by atoms with Crippen molar-refractivity contribution >= 4 is 45.8 Å². The molecule has 0 N–H and O–H groups in total. The van der Waals surface area contributed by atoms with E-state index in [0.29, 0.717) is 38.0 Å². The summed E-state index contributed by atoms with van der Waals surface area (Å²) in [5, 5.41) is 1.25. The van der Waals surface area contributed by atoms with Gasteiger partial charge < -0.3 is 9.15 Å². The normalized spacial score (nSPS) is 15.3. The molecule has 5 rings (SSSR count). The maximum absolute atomic E-state index is 13.6. The molecule has 1 unspecified atom stereocenters. The number of methoxy groups -OCH3 is 1. The van der Waals surface area contributed by atoms with Crippen molar-refractivity contribution in [3.05, 3.63) is 103 Å². The van der Waals surface area contributed by atoms with Crippen molar-refractivity contribution in [3.63, 3.8) is 0 Å². The molecular formula is C25H17Cl2NO4. The number of fused-ring (bicyclic) bond motifs is 2. The first-order chi connectivity index (χ1) is 15.4. The number of rotatable bonds is 3. The lowest BCUT2D eigenvalue weighted by Gasteiger charge is -2.26. The lowest BCUT2D eigenvalue weighted by atomic mass is 9.98. The largest absolute Gasteiger partial charge is 0.497 e. The van der Waals surface area contributed by atoms with Gasteiger partial charge in [-0.1, -0.05) is 41.4 Å². The van der Waals surface area contributed by atoms with Gasteiger partial charge >= 0.3 is 0 Å². The van der Waals surface area contributed by atoms with Crippen molar-refractivity contribution < 1.29 is 13.9 Å². The monoisotopic (exact) mass is 465 g/mol. The summed E-state index contributed by atoms with van der Waals surface area (Å²) in [5.41, 5.74) is 2.42. The summed E-state index contributed by atoms with van der Waals surface area (Å²) < 4.78 is 11.3. The molecule has 0 saturated heterocycles. The summed E-state index contributed by atoms with van der Waals surface area (Å²) in [6.07, 6.45) is 0. The Labute approximate surface area is 193 Å². The lowest BCUT2D eigenvalue weighted by molar-refractivity contribution is 0.0971. The first kappa shape index (κ1) is 20.6. The molecule has 1 amide bonds. The van der Waals surface area contributed by atoms with Crippen molar-refractivity contribution in [2.75, 3.05) is 12.0 Å². The van der Waals surface area contributed by atoms with E-state index >= 15 is 0 Å². The zero-order valence-electron chi connectivity index (χ0n) is 17.2. The van der Waals surface area contributed by atoms with E-state index in [0.717, 1.165) is 5.56 Å². The van der Waals surface area contributed by atoms with Crippen LogP contribution in [0.2, 0.25) is 10.0 Å². The SMILES string of the molecule is COc1cccc(C2c3c(oc4ccc(Cl)cc4c3=O)C(=O)N2c2ccc(C)c(Cl)c2)c1. The quantitative estimate of drug-likeness (QED) is 0.363. The Hall–Kier alpha value is -3.28. The third kappa shape index (κ3) is 3.17. The standard InChI is InChI=1S/C25H17Cl2NO4/c1-13-6-8-16(12-19(13)27)28-22(14-4-3-5-17(10-14)31-2)21-23(29)18-11-15(26)7-9-20(18)32-24(21)25(28)30/h3-12,22H,1-2H3. The molecule has 1 aromatic heterocycles. The van der Waals surface area contributed by atoms with Crippen molar-refractivity contribution in [2.45, 2.75) is 13.0 Å². The Kier molecular flexibility index (Phi) is 4.96. The van der Waals surface area contributed by atoms with Gasteiger partial charge in [0.15, 0.2) is 5.43 Å². The van der Waals surface area contributed by atoms with Crippen LogP contribution in [0.25, 0.3) is 11.0 Å². The number of anilines is 1. The van der Waals surface area contributed by atoms with E-state index in [1.54, 1.807) is 49.6 Å². The van der Waals surface area contributed by atoms with Gasteiger partial charge in [-0.2, -0.15) is 0 Å². The van der Waals surface area contributed by atoms with Gasteiger partial charge in [0.2, 0.25) is 5.76 Å². The van der Waals surface area contributed by atoms with E-state index in [1.165, 1.54) is 4.90 Å². The number of ether oxygens (including phenoxy) is 1. The number of hydrogen-bond acceptors (Lipinski definition) is 4. The van der Waals surface area contributed by atoms with Gasteiger partial charge in [-0.05, 0) is 60.5 Å². The third-order valence-electron chi connectivity index (χ3n) is 5.68. The molecule has 3 aromatic carbocycles. The van der Waals surface area contributed by atoms with Gasteiger partial charge in [-0.3, -0.25) is 14.5 Å². The summed E-state index contributed by atoms with van der Waals surface area (Å²) in [4.78, 5) is 28.7. The number of carbonyl (C=O) groups excluding carboxylic acids is 1. The fourth-order valence-corrected chi connectivity index (χ4v) is 4.42. The van der Waals surface area contributed by atoms with Gasteiger partial charge in [-0.25, -0.2) is 0 Å². The summed E-state index contributed by atoms with van der Waals surface area (Å²) >= 11 is 12.5. The van der Waals surface area contributed by atoms with E-state index in [1.807, 2.05) is 25.1 Å². The highest BCUT2D eigenvalue weighted by Gasteiger charge is 2.43. The van der Waals surface area contributed by atoms with Gasteiger partial charge in [0.05, 0.1) is 24.1 Å². The van der Waals surface area contributed by atoms with E-state index in [9.17, 15) is 9.59 Å². The highest BCUT2D eigenvalue weighted by molar-refractivity contribution is 6.32. The molecule has 0 saturated carbocycles. The number of hydrogen-bond donors (Lipinski definition) is 0. The second kappa shape index (κ2) is 7.69. The first-order valence-electron chi connectivity index (χ1n) is 9.89. The minimum atomic E-state index is -0.717. The molecule has 4 aromatic rings. The minimum absolute atomic E-state index is 0.00865. The molecule has 0 fully saturated rings. The van der Waals surface area contributed by atoms with E-state index in [4.69, 9.17) is 32.4 Å². The molecule has 7 heteroatoms. The maximum atomic E-state index is 13.6. The molecule has 2 heterocycles. The Morgan fingerprint density at radius 3 is 2.56 bits per heavy atom. The Morgan fingerprint density at radius 1 is 1.00 bits per heavy atom. The van der Waals surface area contributed by atoms with Crippen LogP contribution < -0.4 is 15.1 Å². The fraction of sp³-hybridized carbons (Fsp3) is 0.120. The molecule has 0 bridgehead atoms. The molecule has 160 valence electrons. The van der Waals surface area contributed by atoms with Crippen molar-refractivity contribution in [1.82, 2.24) is 0 Å². The molecular weight excluding hydrogens is 449 g/mol. The van der Waals surface area contributed by atoms with Crippen LogP contribution in [0.3, 0.4) is 0 Å². The number of amides is 1. The van der Waals surface area contributed by atoms with Gasteiger partial charge in [0, 0.05) is 15.7 Å². The summed E-state index contributed by atoms with van der Waals surface area (Å²) in [7, 11) is 1.56. The molecule has 0 aliphatic carbocycles. The number of halogens is 2. The Morgan fingerprint density at radius 2 is 1.81 bits per heavy atom. The number of nitrogens with zero attached hydrogens (tertiary/aromatic N) is 1. The molecule has 5 nitrogen and oxygen atoms in total. The van der Waals surface area contributed by atoms with E-state index in [-0.39, 0.29) is 16.8 Å². The zero-order chi connectivity index (χ0) is 22.6. The number of benzene rings is 3. The molecule has 0 radical (unpaired) electrons. The minimum Gasteiger partial charge on any atom is -0.497 e. The third-order valence-corrected chi connectivity index (χ3v) is 6.32. The molecule has 0 spiro atoms. The van der Waals surface area contributed by atoms with Crippen LogP contribution in [-0.2, 0) is 0 Å². The Balaban J connectivity index is 1.82. The molecule has 1 atom stereocenters. The van der Waals surface area contributed by atoms with Crippen LogP contribution >= 0.6 is 23.2 Å². The average Bonchev–Trinajstić information content (AvgIpc) is 3.09. The summed E-state index contributed by atoms with van der Waals surface area (Å²) in [6.45, 7) is 1.88. The predicted octanol–water partition coefficient (Wildman–Crippen LogP) is 6.17. The van der Waals surface area contributed by atoms with Crippen LogP contribution in [0.5, 0.6) is 5.75 Å². The highest BCUT2D eigenvalue weighted by Crippen LogP contribution is 2.42. The maximum Gasteiger partial charge on any atom is 0.295 e. The van der Waals surface area contributed by atoms with Crippen LogP contribution in [0, 0.1) is 6.92 Å². The predicted molar refractivity (Wildman–Crippen MR) is 125 cm³/mol. The highest BCUT2D eigenvalue weighted by atomic mass is 35.5. The van der Waals surface area contributed by atoms with Crippen molar-refractivity contribution in [2.24, 2.45) is 0 Å². The number of aryl methyl sites for hydroxylation is 1. The topological polar surface area (TPSA) is 59.8 Å². The van der Waals surface area contributed by atoms with Gasteiger partial charge in [0.25, 0.3) is 5.91 Å². The zero-order valence-corrected chi connectivity index (χ0v) is 18.7. The average molecular weight is 466 g/mol. The fourth-order valence-electron chi connectivity index (χ4n) is 4.07. The summed E-state index contributed by atoms with van der Waals surface area (Å²) in [5.74, 6) is 0.203. The summed E-state index contributed by atoms with van der Waals surface area (Å²) in [6, 6.07) is 16.7. The smallest absolute Gasteiger partial charge is 0.295 e. The van der Waals surface area contributed by atoms with Crippen molar-refractivity contribution in [3.8, 4) is 5.75 Å². The van der Waals surface area contributed by atoms with Crippen LogP contribution in [0.4, 0.5) is 5.69 Å².